The third kappa shape index (κ3) is 3.82. The number of thioether (sulfide) groups is 1. The number of rotatable bonds is 4. The zero-order chi connectivity index (χ0) is 24.9. The van der Waals surface area contributed by atoms with Crippen LogP contribution in [-0.4, -0.2) is 45.7 Å². The average molecular weight is 497 g/mol. The molecule has 0 spiro atoms. The Balaban J connectivity index is 1.15. The minimum absolute atomic E-state index is 0.0556. The van der Waals surface area contributed by atoms with Gasteiger partial charge in [0.1, 0.15) is 0 Å². The molecule has 0 saturated carbocycles. The molecule has 7 rings (SSSR count). The van der Waals surface area contributed by atoms with Crippen molar-refractivity contribution in [3.8, 4) is 11.1 Å². The number of aliphatic imine (C=N–C) groups is 1. The molecule has 1 saturated heterocycles. The van der Waals surface area contributed by atoms with Crippen molar-refractivity contribution in [2.75, 3.05) is 12.8 Å². The van der Waals surface area contributed by atoms with Crippen LogP contribution in [0.3, 0.4) is 0 Å². The Hall–Kier alpha value is -3.45. The third-order valence-corrected chi connectivity index (χ3v) is 8.85. The van der Waals surface area contributed by atoms with Crippen molar-refractivity contribution in [1.82, 2.24) is 15.2 Å². The van der Waals surface area contributed by atoms with Crippen molar-refractivity contribution in [2.45, 2.75) is 37.8 Å². The summed E-state index contributed by atoms with van der Waals surface area (Å²) in [5.74, 6) is 0.616. The lowest BCUT2D eigenvalue weighted by molar-refractivity contribution is -0.152. The first kappa shape index (κ1) is 23.0. The predicted octanol–water partition coefficient (Wildman–Crippen LogP) is 4.59. The van der Waals surface area contributed by atoms with Crippen molar-refractivity contribution in [2.24, 2.45) is 10.4 Å². The van der Waals surface area contributed by atoms with Gasteiger partial charge in [0, 0.05) is 25.2 Å². The second-order valence-electron chi connectivity index (χ2n) is 10.1. The van der Waals surface area contributed by atoms with Crippen LogP contribution in [0.5, 0.6) is 0 Å². The van der Waals surface area contributed by atoms with Gasteiger partial charge < -0.3 is 10.2 Å². The molecule has 4 heterocycles. The van der Waals surface area contributed by atoms with E-state index in [1.54, 1.807) is 29.1 Å². The normalized spacial score (nSPS) is 26.5. The summed E-state index contributed by atoms with van der Waals surface area (Å²) in [6.07, 6.45) is 4.96. The second-order valence-corrected chi connectivity index (χ2v) is 11.2. The van der Waals surface area contributed by atoms with E-state index in [1.807, 2.05) is 44.3 Å². The van der Waals surface area contributed by atoms with Crippen LogP contribution in [0.4, 0.5) is 0 Å². The summed E-state index contributed by atoms with van der Waals surface area (Å²) < 4.78 is 0. The van der Waals surface area contributed by atoms with E-state index in [2.05, 4.69) is 40.6 Å². The number of pyridine rings is 1. The first-order chi connectivity index (χ1) is 17.4. The van der Waals surface area contributed by atoms with Gasteiger partial charge in [-0.05, 0) is 59.7 Å². The van der Waals surface area contributed by atoms with E-state index < -0.39 is 5.41 Å². The van der Waals surface area contributed by atoms with Crippen molar-refractivity contribution >= 4 is 28.7 Å². The zero-order valence-electron chi connectivity index (χ0n) is 20.3. The minimum Gasteiger partial charge on any atom is -0.337 e. The quantitative estimate of drug-likeness (QED) is 0.574. The Morgan fingerprint density at radius 3 is 2.50 bits per heavy atom. The summed E-state index contributed by atoms with van der Waals surface area (Å²) in [5.41, 5.74) is 4.99. The van der Waals surface area contributed by atoms with Crippen LogP contribution in [-0.2, 0) is 16.0 Å². The molecule has 1 aromatic heterocycles. The molecule has 2 aromatic carbocycles. The van der Waals surface area contributed by atoms with E-state index in [0.29, 0.717) is 11.6 Å². The SMILES string of the molecule is CN1C(=O)C2CC(C)(C(=O)NC3=NC(Cc4ccc(-c5ccncc5)cc4)CS3)C1c1ccccc12. The molecule has 2 bridgehead atoms. The van der Waals surface area contributed by atoms with Crippen molar-refractivity contribution in [3.63, 3.8) is 0 Å². The van der Waals surface area contributed by atoms with Crippen LogP contribution < -0.4 is 5.32 Å². The molecule has 1 N–H and O–H groups in total. The number of carbonyl (C=O) groups excluding carboxylic acids is 2. The van der Waals surface area contributed by atoms with Crippen LogP contribution in [0.25, 0.3) is 11.1 Å². The number of nitrogens with zero attached hydrogens (tertiary/aromatic N) is 3. The summed E-state index contributed by atoms with van der Waals surface area (Å²) in [7, 11) is 1.82. The molecule has 3 aliphatic heterocycles. The first-order valence-corrected chi connectivity index (χ1v) is 13.3. The van der Waals surface area contributed by atoms with Gasteiger partial charge in [0.25, 0.3) is 0 Å². The summed E-state index contributed by atoms with van der Waals surface area (Å²) in [6, 6.07) is 20.5. The fraction of sp³-hybridized carbons (Fsp3) is 0.310. The zero-order valence-corrected chi connectivity index (χ0v) is 21.2. The molecule has 1 aliphatic carbocycles. The Morgan fingerprint density at radius 1 is 1.06 bits per heavy atom. The molecule has 7 heteroatoms. The number of nitrogens with one attached hydrogen (secondary N) is 1. The summed E-state index contributed by atoms with van der Waals surface area (Å²) in [4.78, 5) is 37.2. The number of amides is 2. The van der Waals surface area contributed by atoms with E-state index in [0.717, 1.165) is 28.9 Å². The molecule has 4 atom stereocenters. The van der Waals surface area contributed by atoms with Gasteiger partial charge in [-0.15, -0.1) is 0 Å². The van der Waals surface area contributed by atoms with Gasteiger partial charge in [-0.1, -0.05) is 60.3 Å². The Bertz CT molecular complexity index is 1360. The van der Waals surface area contributed by atoms with Gasteiger partial charge >= 0.3 is 0 Å². The van der Waals surface area contributed by atoms with Gasteiger partial charge in [0.05, 0.1) is 23.4 Å². The molecule has 0 radical (unpaired) electrons. The molecule has 182 valence electrons. The van der Waals surface area contributed by atoms with Crippen LogP contribution in [0.15, 0.2) is 78.0 Å². The molecule has 4 unspecified atom stereocenters. The van der Waals surface area contributed by atoms with Crippen molar-refractivity contribution in [1.29, 1.82) is 0 Å². The van der Waals surface area contributed by atoms with Gasteiger partial charge in [-0.25, -0.2) is 0 Å². The number of likely N-dealkylation sites (N-methyl/N-ethyl adjacent to an activating group) is 1. The summed E-state index contributed by atoms with van der Waals surface area (Å²) >= 11 is 1.60. The Kier molecular flexibility index (Phi) is 5.67. The van der Waals surface area contributed by atoms with Gasteiger partial charge in [0.2, 0.25) is 11.8 Å². The summed E-state index contributed by atoms with van der Waals surface area (Å²) in [5, 5.41) is 3.80. The Morgan fingerprint density at radius 2 is 1.75 bits per heavy atom. The molecule has 6 nitrogen and oxygen atoms in total. The molecule has 4 aliphatic rings. The monoisotopic (exact) mass is 496 g/mol. The average Bonchev–Trinajstić information content (AvgIpc) is 3.34. The largest absolute Gasteiger partial charge is 0.337 e. The standard InChI is InChI=1S/C29H28N4O2S/c1-29(16-24-22-5-3-4-6-23(22)25(29)33(2)26(24)34)27(35)32-28-31-21(17-36-28)15-18-7-9-19(10-8-18)20-11-13-30-14-12-20/h3-14,21,24-25H,15-17H2,1-2H3,(H,31,32,35). The fourth-order valence-electron chi connectivity index (χ4n) is 5.99. The molecule has 36 heavy (non-hydrogen) atoms. The highest BCUT2D eigenvalue weighted by atomic mass is 32.2. The number of piperidine rings is 1. The van der Waals surface area contributed by atoms with Crippen LogP contribution in [0.2, 0.25) is 0 Å². The van der Waals surface area contributed by atoms with Crippen LogP contribution in [0.1, 0.15) is 42.0 Å². The highest BCUT2D eigenvalue weighted by Gasteiger charge is 2.57. The molecular formula is C29H28N4O2S. The van der Waals surface area contributed by atoms with E-state index in [-0.39, 0.29) is 29.8 Å². The highest BCUT2D eigenvalue weighted by Crippen LogP contribution is 2.56. The van der Waals surface area contributed by atoms with Gasteiger partial charge in [-0.3, -0.25) is 19.6 Å². The highest BCUT2D eigenvalue weighted by molar-refractivity contribution is 8.14. The Labute approximate surface area is 215 Å². The number of fused-ring (bicyclic) bond motifs is 2. The predicted molar refractivity (Wildman–Crippen MR) is 143 cm³/mol. The van der Waals surface area contributed by atoms with Gasteiger partial charge in [-0.2, -0.15) is 0 Å². The maximum Gasteiger partial charge on any atom is 0.234 e. The molecule has 2 amide bonds. The van der Waals surface area contributed by atoms with E-state index in [1.165, 1.54) is 11.1 Å². The number of hydrogen-bond donors (Lipinski definition) is 1. The maximum absolute atomic E-state index is 13.6. The lowest BCUT2D eigenvalue weighted by Crippen LogP contribution is -2.59. The molecule has 1 fully saturated rings. The van der Waals surface area contributed by atoms with Crippen LogP contribution in [0, 0.1) is 5.41 Å². The number of aromatic nitrogens is 1. The molecule has 3 aromatic rings. The van der Waals surface area contributed by atoms with E-state index >= 15 is 0 Å². The van der Waals surface area contributed by atoms with E-state index in [9.17, 15) is 9.59 Å². The molecular weight excluding hydrogens is 468 g/mol. The smallest absolute Gasteiger partial charge is 0.234 e. The minimum atomic E-state index is -0.703. The lowest BCUT2D eigenvalue weighted by Gasteiger charge is -2.53. The second kappa shape index (κ2) is 8.89. The lowest BCUT2D eigenvalue weighted by atomic mass is 9.60. The fourth-order valence-corrected chi connectivity index (χ4v) is 6.92. The number of amidine groups is 1. The van der Waals surface area contributed by atoms with Crippen molar-refractivity contribution < 1.29 is 9.59 Å². The number of hydrogen-bond acceptors (Lipinski definition) is 5. The number of carbonyl (C=O) groups is 2. The van der Waals surface area contributed by atoms with Crippen molar-refractivity contribution in [3.05, 3.63) is 89.7 Å². The van der Waals surface area contributed by atoms with Crippen LogP contribution >= 0.6 is 11.8 Å². The first-order valence-electron chi connectivity index (χ1n) is 12.3. The summed E-state index contributed by atoms with van der Waals surface area (Å²) in [6.45, 7) is 1.99. The van der Waals surface area contributed by atoms with Gasteiger partial charge in [0.15, 0.2) is 5.17 Å². The number of benzene rings is 2. The maximum atomic E-state index is 13.6. The topological polar surface area (TPSA) is 74.7 Å². The third-order valence-electron chi connectivity index (χ3n) is 7.82. The van der Waals surface area contributed by atoms with E-state index in [4.69, 9.17) is 4.99 Å².